The Balaban J connectivity index is 2.23. The molecule has 25 heavy (non-hydrogen) atoms. The van der Waals surface area contributed by atoms with Crippen LogP contribution in [0.3, 0.4) is 0 Å². The van der Waals surface area contributed by atoms with Crippen molar-refractivity contribution in [1.29, 1.82) is 0 Å². The first-order valence-corrected chi connectivity index (χ1v) is 8.00. The lowest BCUT2D eigenvalue weighted by Gasteiger charge is -2.40. The van der Waals surface area contributed by atoms with Crippen LogP contribution in [0.2, 0.25) is 0 Å². The van der Waals surface area contributed by atoms with E-state index < -0.39 is 17.8 Å². The summed E-state index contributed by atoms with van der Waals surface area (Å²) in [6, 6.07) is 7.24. The summed E-state index contributed by atoms with van der Waals surface area (Å²) in [6.45, 7) is 4.05. The third kappa shape index (κ3) is 2.74. The highest BCUT2D eigenvalue weighted by atomic mass is 16.7. The number of hydrazine groups is 1. The zero-order chi connectivity index (χ0) is 18.0. The summed E-state index contributed by atoms with van der Waals surface area (Å²) in [6.07, 6.45) is 0.479. The molecule has 134 valence electrons. The first-order chi connectivity index (χ1) is 12.1. The predicted octanol–water partition coefficient (Wildman–Crippen LogP) is 0.748. The van der Waals surface area contributed by atoms with Crippen molar-refractivity contribution < 1.29 is 23.7 Å². The van der Waals surface area contributed by atoms with E-state index in [1.54, 1.807) is 19.1 Å². The molecule has 0 fully saturated rings. The van der Waals surface area contributed by atoms with Crippen molar-refractivity contribution in [1.82, 2.24) is 5.43 Å². The van der Waals surface area contributed by atoms with Crippen LogP contribution in [0.15, 0.2) is 41.8 Å². The molecule has 2 atom stereocenters. The van der Waals surface area contributed by atoms with Crippen LogP contribution in [-0.2, 0) is 19.0 Å². The number of hydrogen-bond acceptors (Lipinski definition) is 8. The van der Waals surface area contributed by atoms with E-state index in [-0.39, 0.29) is 12.5 Å². The number of esters is 1. The number of ether oxygens (including phenoxy) is 4. The van der Waals surface area contributed by atoms with Gasteiger partial charge in [-0.1, -0.05) is 12.1 Å². The molecule has 2 aliphatic heterocycles. The Morgan fingerprint density at radius 3 is 2.76 bits per heavy atom. The number of carbonyl (C=O) groups excluding carboxylic acids is 1. The molecule has 8 nitrogen and oxygen atoms in total. The number of para-hydroxylation sites is 1. The summed E-state index contributed by atoms with van der Waals surface area (Å²) < 4.78 is 22.6. The SMILES string of the molecule is CCOC(=O)C1(NN)C=C(N)OC2=C1C(OCC)Oc1ccccc12. The van der Waals surface area contributed by atoms with Gasteiger partial charge in [-0.2, -0.15) is 0 Å². The Labute approximate surface area is 145 Å². The lowest BCUT2D eigenvalue weighted by Crippen LogP contribution is -2.61. The number of rotatable bonds is 5. The number of nitrogens with one attached hydrogen (secondary N) is 1. The van der Waals surface area contributed by atoms with E-state index in [2.05, 4.69) is 5.43 Å². The van der Waals surface area contributed by atoms with Crippen LogP contribution >= 0.6 is 0 Å². The Hall–Kier alpha value is -2.55. The van der Waals surface area contributed by atoms with E-state index in [0.717, 1.165) is 0 Å². The minimum atomic E-state index is -1.55. The topological polar surface area (TPSA) is 118 Å². The Morgan fingerprint density at radius 2 is 2.08 bits per heavy atom. The van der Waals surface area contributed by atoms with E-state index in [1.165, 1.54) is 6.08 Å². The normalized spacial score (nSPS) is 24.4. The largest absolute Gasteiger partial charge is 0.464 e. The average molecular weight is 347 g/mol. The Bertz CT molecular complexity index is 746. The number of carbonyl (C=O) groups is 1. The molecule has 0 saturated carbocycles. The van der Waals surface area contributed by atoms with Gasteiger partial charge in [0.2, 0.25) is 6.29 Å². The molecule has 2 heterocycles. The van der Waals surface area contributed by atoms with Crippen molar-refractivity contribution in [2.75, 3.05) is 13.2 Å². The summed E-state index contributed by atoms with van der Waals surface area (Å²) in [4.78, 5) is 12.7. The fraction of sp³-hybridized carbons (Fsp3) is 0.353. The van der Waals surface area contributed by atoms with Crippen LogP contribution in [0.1, 0.15) is 19.4 Å². The van der Waals surface area contributed by atoms with Gasteiger partial charge in [0.25, 0.3) is 0 Å². The van der Waals surface area contributed by atoms with E-state index >= 15 is 0 Å². The van der Waals surface area contributed by atoms with Gasteiger partial charge in [0.1, 0.15) is 11.5 Å². The van der Waals surface area contributed by atoms with Crippen LogP contribution in [0, 0.1) is 0 Å². The minimum absolute atomic E-state index is 0.0247. The first-order valence-electron chi connectivity index (χ1n) is 8.00. The van der Waals surface area contributed by atoms with Crippen LogP contribution in [0.4, 0.5) is 0 Å². The molecule has 1 aromatic rings. The summed E-state index contributed by atoms with van der Waals surface area (Å²) in [7, 11) is 0. The van der Waals surface area contributed by atoms with Crippen molar-refractivity contribution in [3.05, 3.63) is 47.4 Å². The average Bonchev–Trinajstić information content (AvgIpc) is 2.61. The molecule has 1 aromatic carbocycles. The lowest BCUT2D eigenvalue weighted by molar-refractivity contribution is -0.150. The second-order valence-corrected chi connectivity index (χ2v) is 5.47. The minimum Gasteiger partial charge on any atom is -0.464 e. The van der Waals surface area contributed by atoms with Crippen molar-refractivity contribution >= 4 is 11.7 Å². The van der Waals surface area contributed by atoms with E-state index in [9.17, 15) is 4.79 Å². The second-order valence-electron chi connectivity index (χ2n) is 5.47. The van der Waals surface area contributed by atoms with Crippen molar-refractivity contribution in [3.8, 4) is 5.75 Å². The van der Waals surface area contributed by atoms with Gasteiger partial charge in [-0.3, -0.25) is 5.84 Å². The highest BCUT2D eigenvalue weighted by Crippen LogP contribution is 2.44. The van der Waals surface area contributed by atoms with Crippen LogP contribution in [0.25, 0.3) is 5.76 Å². The molecule has 2 aliphatic rings. The van der Waals surface area contributed by atoms with Gasteiger partial charge in [0.05, 0.1) is 17.7 Å². The molecule has 0 aromatic heterocycles. The van der Waals surface area contributed by atoms with Gasteiger partial charge in [0, 0.05) is 12.7 Å². The molecule has 5 N–H and O–H groups in total. The molecule has 0 aliphatic carbocycles. The maximum atomic E-state index is 12.7. The third-order valence-electron chi connectivity index (χ3n) is 3.99. The predicted molar refractivity (Wildman–Crippen MR) is 89.4 cm³/mol. The fourth-order valence-corrected chi connectivity index (χ4v) is 2.96. The van der Waals surface area contributed by atoms with Gasteiger partial charge in [-0.05, 0) is 26.0 Å². The standard InChI is InChI=1S/C17H21N3O5/c1-3-22-15-13-14(10-7-5-6-8-11(10)24-15)25-12(18)9-17(13,20-19)16(21)23-4-2/h5-9,15,20H,3-4,18-19H2,1-2H3. The number of benzene rings is 1. The van der Waals surface area contributed by atoms with Crippen LogP contribution in [-0.4, -0.2) is 31.0 Å². The molecule has 0 amide bonds. The maximum Gasteiger partial charge on any atom is 0.336 e. The zero-order valence-electron chi connectivity index (χ0n) is 14.1. The van der Waals surface area contributed by atoms with Crippen molar-refractivity contribution in [2.24, 2.45) is 11.6 Å². The summed E-state index contributed by atoms with van der Waals surface area (Å²) in [5.74, 6) is 6.09. The lowest BCUT2D eigenvalue weighted by atomic mass is 9.84. The molecule has 0 radical (unpaired) electrons. The third-order valence-corrected chi connectivity index (χ3v) is 3.99. The summed E-state index contributed by atoms with van der Waals surface area (Å²) in [5, 5.41) is 0. The fourth-order valence-electron chi connectivity index (χ4n) is 2.96. The van der Waals surface area contributed by atoms with Crippen molar-refractivity contribution in [2.45, 2.75) is 25.7 Å². The highest BCUT2D eigenvalue weighted by Gasteiger charge is 2.52. The molecule has 0 spiro atoms. The number of hydrogen-bond donors (Lipinski definition) is 3. The highest BCUT2D eigenvalue weighted by molar-refractivity contribution is 5.93. The molecule has 0 saturated heterocycles. The number of nitrogens with two attached hydrogens (primary N) is 2. The summed E-state index contributed by atoms with van der Waals surface area (Å²) >= 11 is 0. The summed E-state index contributed by atoms with van der Waals surface area (Å²) in [5.41, 5.74) is 7.90. The molecular weight excluding hydrogens is 326 g/mol. The van der Waals surface area contributed by atoms with Crippen LogP contribution < -0.4 is 21.7 Å². The Kier molecular flexibility index (Phi) is 4.67. The monoisotopic (exact) mass is 347 g/mol. The molecule has 0 bridgehead atoms. The second kappa shape index (κ2) is 6.75. The van der Waals surface area contributed by atoms with Gasteiger partial charge >= 0.3 is 5.97 Å². The Morgan fingerprint density at radius 1 is 1.32 bits per heavy atom. The zero-order valence-corrected chi connectivity index (χ0v) is 14.1. The first kappa shape index (κ1) is 17.3. The van der Waals surface area contributed by atoms with Gasteiger partial charge in [-0.15, -0.1) is 0 Å². The van der Waals surface area contributed by atoms with E-state index in [4.69, 9.17) is 30.5 Å². The van der Waals surface area contributed by atoms with E-state index in [0.29, 0.717) is 29.3 Å². The quantitative estimate of drug-likeness (QED) is 0.406. The molecular formula is C17H21N3O5. The molecule has 8 heteroatoms. The van der Waals surface area contributed by atoms with Gasteiger partial charge < -0.3 is 24.7 Å². The molecule has 3 rings (SSSR count). The van der Waals surface area contributed by atoms with Crippen molar-refractivity contribution in [3.63, 3.8) is 0 Å². The molecule has 2 unspecified atom stereocenters. The maximum absolute atomic E-state index is 12.7. The van der Waals surface area contributed by atoms with Gasteiger partial charge in [0.15, 0.2) is 11.4 Å². The smallest absolute Gasteiger partial charge is 0.336 e. The number of fused-ring (bicyclic) bond motifs is 2. The van der Waals surface area contributed by atoms with Gasteiger partial charge in [-0.25, -0.2) is 10.2 Å². The van der Waals surface area contributed by atoms with Crippen LogP contribution in [0.5, 0.6) is 5.75 Å². The van der Waals surface area contributed by atoms with E-state index in [1.807, 2.05) is 19.1 Å².